The van der Waals surface area contributed by atoms with Crippen LogP contribution in [0.15, 0.2) is 49.1 Å². The number of nitrogens with one attached hydrogen (secondary N) is 1. The topological polar surface area (TPSA) is 67.3 Å². The number of aromatic nitrogens is 5. The van der Waals surface area contributed by atoms with Crippen molar-refractivity contribution in [2.24, 2.45) is 23.7 Å². The molecule has 4 aromatic rings. The summed E-state index contributed by atoms with van der Waals surface area (Å²) >= 11 is 0. The molecule has 7 rings (SSSR count). The molecule has 2 atom stereocenters. The third-order valence-electron chi connectivity index (χ3n) is 8.01. The van der Waals surface area contributed by atoms with Crippen molar-refractivity contribution >= 4 is 11.0 Å². The van der Waals surface area contributed by atoms with Crippen LogP contribution in [-0.4, -0.2) is 24.9 Å². The van der Waals surface area contributed by atoms with Crippen LogP contribution >= 0.6 is 0 Å². The molecule has 0 amide bonds. The van der Waals surface area contributed by atoms with Crippen LogP contribution in [0.4, 0.5) is 0 Å². The van der Waals surface area contributed by atoms with Crippen molar-refractivity contribution in [2.45, 2.75) is 46.0 Å². The van der Waals surface area contributed by atoms with E-state index < -0.39 is 0 Å². The molecule has 0 spiro atoms. The summed E-state index contributed by atoms with van der Waals surface area (Å²) in [5.41, 5.74) is 6.32. The van der Waals surface area contributed by atoms with Gasteiger partial charge in [-0.25, -0.2) is 19.9 Å². The van der Waals surface area contributed by atoms with Gasteiger partial charge in [-0.05, 0) is 68.8 Å². The van der Waals surface area contributed by atoms with Gasteiger partial charge in [0.2, 0.25) is 0 Å². The lowest BCUT2D eigenvalue weighted by Gasteiger charge is -2.47. The molecule has 1 N–H and O–H groups in total. The SMILES string of the molecule is Cc1ccc(-c2cc(CC3C4CCC(CC4)C3C)nc(-c3c[nH]c4ncncc34)n2)cc1. The van der Waals surface area contributed by atoms with Crippen LogP contribution in [-0.2, 0) is 6.42 Å². The van der Waals surface area contributed by atoms with E-state index in [1.807, 2.05) is 12.4 Å². The zero-order chi connectivity index (χ0) is 21.7. The molecule has 3 heterocycles. The van der Waals surface area contributed by atoms with Gasteiger partial charge in [0, 0.05) is 34.6 Å². The van der Waals surface area contributed by atoms with Gasteiger partial charge in [-0.15, -0.1) is 0 Å². The standard InChI is InChI=1S/C27H29N5/c1-16-3-5-20(6-4-16)25-12-21(11-22-17(2)18-7-9-19(22)10-8-18)31-27(32-25)24-14-29-26-23(24)13-28-15-30-26/h3-6,12-15,17-19,22H,7-11H2,1-2H3,(H,28,29,30). The molecule has 2 unspecified atom stereocenters. The molecule has 0 aliphatic heterocycles. The average molecular weight is 424 g/mol. The highest BCUT2D eigenvalue weighted by molar-refractivity contribution is 5.91. The molecule has 3 saturated carbocycles. The zero-order valence-electron chi connectivity index (χ0n) is 18.8. The third-order valence-corrected chi connectivity index (χ3v) is 8.01. The number of rotatable bonds is 4. The van der Waals surface area contributed by atoms with Crippen LogP contribution in [0.3, 0.4) is 0 Å². The maximum absolute atomic E-state index is 5.09. The molecule has 3 aliphatic carbocycles. The molecule has 0 saturated heterocycles. The molecule has 1 aromatic carbocycles. The largest absolute Gasteiger partial charge is 0.345 e. The van der Waals surface area contributed by atoms with Crippen LogP contribution < -0.4 is 0 Å². The minimum absolute atomic E-state index is 0.724. The Bertz CT molecular complexity index is 1250. The maximum Gasteiger partial charge on any atom is 0.162 e. The number of H-pyrrole nitrogens is 1. The monoisotopic (exact) mass is 423 g/mol. The van der Waals surface area contributed by atoms with E-state index in [1.165, 1.54) is 31.2 Å². The summed E-state index contributed by atoms with van der Waals surface area (Å²) < 4.78 is 0. The number of hydrogen-bond acceptors (Lipinski definition) is 4. The normalized spacial score (nSPS) is 24.8. The van der Waals surface area contributed by atoms with E-state index in [2.05, 4.69) is 59.1 Å². The Hall–Kier alpha value is -3.08. The van der Waals surface area contributed by atoms with Gasteiger partial charge in [0.15, 0.2) is 5.82 Å². The van der Waals surface area contributed by atoms with Gasteiger partial charge in [-0.3, -0.25) is 0 Å². The molecule has 32 heavy (non-hydrogen) atoms. The smallest absolute Gasteiger partial charge is 0.162 e. The van der Waals surface area contributed by atoms with E-state index >= 15 is 0 Å². The van der Waals surface area contributed by atoms with Crippen LogP contribution in [0.5, 0.6) is 0 Å². The van der Waals surface area contributed by atoms with E-state index in [0.717, 1.165) is 69.5 Å². The minimum Gasteiger partial charge on any atom is -0.345 e. The lowest BCUT2D eigenvalue weighted by Crippen LogP contribution is -2.39. The summed E-state index contributed by atoms with van der Waals surface area (Å²) in [6.07, 6.45) is 12.0. The van der Waals surface area contributed by atoms with Crippen molar-refractivity contribution in [1.82, 2.24) is 24.9 Å². The second kappa shape index (κ2) is 7.80. The minimum atomic E-state index is 0.724. The molecule has 0 radical (unpaired) electrons. The first-order chi connectivity index (χ1) is 15.7. The highest BCUT2D eigenvalue weighted by Gasteiger charge is 2.41. The molecular formula is C27H29N5. The first kappa shape index (κ1) is 19.6. The highest BCUT2D eigenvalue weighted by atomic mass is 14.9. The van der Waals surface area contributed by atoms with E-state index in [1.54, 1.807) is 6.33 Å². The number of hydrogen-bond donors (Lipinski definition) is 1. The zero-order valence-corrected chi connectivity index (χ0v) is 18.8. The summed E-state index contributed by atoms with van der Waals surface area (Å²) in [5, 5.41) is 0.963. The fraction of sp³-hybridized carbons (Fsp3) is 0.407. The first-order valence-electron chi connectivity index (χ1n) is 11.9. The Labute approximate surface area is 188 Å². The predicted molar refractivity (Wildman–Crippen MR) is 127 cm³/mol. The van der Waals surface area contributed by atoms with Crippen molar-refractivity contribution in [3.05, 3.63) is 60.3 Å². The van der Waals surface area contributed by atoms with E-state index in [9.17, 15) is 0 Å². The fourth-order valence-electron chi connectivity index (χ4n) is 6.11. The van der Waals surface area contributed by atoms with Gasteiger partial charge in [0.1, 0.15) is 12.0 Å². The lowest BCUT2D eigenvalue weighted by atomic mass is 9.58. The Morgan fingerprint density at radius 1 is 1.00 bits per heavy atom. The summed E-state index contributed by atoms with van der Waals surface area (Å²) in [6, 6.07) is 10.8. The van der Waals surface area contributed by atoms with Crippen LogP contribution in [0.1, 0.15) is 43.9 Å². The number of aryl methyl sites for hydroxylation is 1. The average Bonchev–Trinajstić information content (AvgIpc) is 3.26. The summed E-state index contributed by atoms with van der Waals surface area (Å²) in [4.78, 5) is 21.9. The molecule has 3 fully saturated rings. The van der Waals surface area contributed by atoms with Crippen LogP contribution in [0.2, 0.25) is 0 Å². The molecular weight excluding hydrogens is 394 g/mol. The summed E-state index contributed by atoms with van der Waals surface area (Å²) in [6.45, 7) is 4.59. The molecule has 3 aliphatic rings. The molecule has 5 nitrogen and oxygen atoms in total. The number of benzene rings is 1. The summed E-state index contributed by atoms with van der Waals surface area (Å²) in [5.74, 6) is 4.01. The second-order valence-electron chi connectivity index (χ2n) is 9.82. The maximum atomic E-state index is 5.09. The number of aromatic amines is 1. The lowest BCUT2D eigenvalue weighted by molar-refractivity contribution is 0.0339. The molecule has 162 valence electrons. The summed E-state index contributed by atoms with van der Waals surface area (Å²) in [7, 11) is 0. The van der Waals surface area contributed by atoms with Crippen molar-refractivity contribution in [3.63, 3.8) is 0 Å². The number of fused-ring (bicyclic) bond motifs is 4. The van der Waals surface area contributed by atoms with Crippen molar-refractivity contribution in [2.75, 3.05) is 0 Å². The fourth-order valence-corrected chi connectivity index (χ4v) is 6.11. The van der Waals surface area contributed by atoms with Gasteiger partial charge >= 0.3 is 0 Å². The molecule has 5 heteroatoms. The van der Waals surface area contributed by atoms with Gasteiger partial charge in [0.25, 0.3) is 0 Å². The van der Waals surface area contributed by atoms with Gasteiger partial charge in [0.05, 0.1) is 5.69 Å². The highest BCUT2D eigenvalue weighted by Crippen LogP contribution is 2.49. The Balaban J connectivity index is 1.44. The molecule has 2 bridgehead atoms. The van der Waals surface area contributed by atoms with E-state index in [-0.39, 0.29) is 0 Å². The van der Waals surface area contributed by atoms with Crippen molar-refractivity contribution in [3.8, 4) is 22.6 Å². The van der Waals surface area contributed by atoms with Crippen molar-refractivity contribution in [1.29, 1.82) is 0 Å². The van der Waals surface area contributed by atoms with E-state index in [0.29, 0.717) is 0 Å². The predicted octanol–water partition coefficient (Wildman–Crippen LogP) is 6.01. The van der Waals surface area contributed by atoms with Gasteiger partial charge in [-0.2, -0.15) is 0 Å². The second-order valence-corrected chi connectivity index (χ2v) is 9.82. The van der Waals surface area contributed by atoms with Gasteiger partial charge in [-0.1, -0.05) is 36.8 Å². The quantitative estimate of drug-likeness (QED) is 0.437. The number of nitrogens with zero attached hydrogens (tertiary/aromatic N) is 4. The first-order valence-corrected chi connectivity index (χ1v) is 11.9. The van der Waals surface area contributed by atoms with Gasteiger partial charge < -0.3 is 4.98 Å². The Kier molecular flexibility index (Phi) is 4.78. The van der Waals surface area contributed by atoms with Crippen molar-refractivity contribution < 1.29 is 0 Å². The van der Waals surface area contributed by atoms with Crippen LogP contribution in [0, 0.1) is 30.6 Å². The Morgan fingerprint density at radius 3 is 2.56 bits per heavy atom. The third kappa shape index (κ3) is 3.40. The molecule has 3 aromatic heterocycles. The Morgan fingerprint density at radius 2 is 1.78 bits per heavy atom. The van der Waals surface area contributed by atoms with E-state index in [4.69, 9.17) is 9.97 Å². The van der Waals surface area contributed by atoms with Crippen LogP contribution in [0.25, 0.3) is 33.7 Å².